The zero-order valence-electron chi connectivity index (χ0n) is 8.94. The van der Waals surface area contributed by atoms with Crippen LogP contribution in [0.2, 0.25) is 0 Å². The topological polar surface area (TPSA) is 65.3 Å². The van der Waals surface area contributed by atoms with E-state index in [1.807, 2.05) is 12.1 Å². The van der Waals surface area contributed by atoms with Gasteiger partial charge in [0.05, 0.1) is 18.2 Å². The van der Waals surface area contributed by atoms with E-state index in [2.05, 4.69) is 11.4 Å². The maximum atomic E-state index is 10.0. The number of aliphatic hydroxyl groups is 1. The third-order valence-electron chi connectivity index (χ3n) is 2.72. The summed E-state index contributed by atoms with van der Waals surface area (Å²) in [5.74, 6) is 0. The Morgan fingerprint density at radius 3 is 2.75 bits per heavy atom. The Bertz CT molecular complexity index is 388. The van der Waals surface area contributed by atoms with Crippen molar-refractivity contribution in [3.8, 4) is 6.07 Å². The molecule has 4 heteroatoms. The normalized spacial score (nSPS) is 24.0. The van der Waals surface area contributed by atoms with Gasteiger partial charge in [-0.2, -0.15) is 5.26 Å². The molecule has 1 heterocycles. The lowest BCUT2D eigenvalue weighted by atomic mass is 10.0. The molecule has 0 saturated carbocycles. The van der Waals surface area contributed by atoms with Gasteiger partial charge in [-0.25, -0.2) is 0 Å². The summed E-state index contributed by atoms with van der Waals surface area (Å²) in [7, 11) is 0. The van der Waals surface area contributed by atoms with E-state index in [1.165, 1.54) is 0 Å². The van der Waals surface area contributed by atoms with Gasteiger partial charge in [-0.05, 0) is 24.3 Å². The first-order valence-electron chi connectivity index (χ1n) is 5.26. The lowest BCUT2D eigenvalue weighted by molar-refractivity contribution is 0.0382. The monoisotopic (exact) mass is 218 g/mol. The van der Waals surface area contributed by atoms with E-state index in [0.29, 0.717) is 31.7 Å². The van der Waals surface area contributed by atoms with Gasteiger partial charge in [0.25, 0.3) is 0 Å². The minimum absolute atomic E-state index is 0.385. The number of anilines is 1. The second-order valence-electron chi connectivity index (χ2n) is 4.07. The third-order valence-corrected chi connectivity index (χ3v) is 2.72. The molecule has 1 aliphatic rings. The molecule has 1 aromatic carbocycles. The Hall–Kier alpha value is -1.57. The fourth-order valence-corrected chi connectivity index (χ4v) is 1.67. The summed E-state index contributed by atoms with van der Waals surface area (Å²) < 4.78 is 5.15. The van der Waals surface area contributed by atoms with Crippen LogP contribution in [0.25, 0.3) is 0 Å². The molecule has 0 radical (unpaired) electrons. The van der Waals surface area contributed by atoms with Gasteiger partial charge in [0, 0.05) is 25.3 Å². The average molecular weight is 218 g/mol. The number of nitriles is 1. The quantitative estimate of drug-likeness (QED) is 0.798. The zero-order chi connectivity index (χ0) is 11.4. The first-order chi connectivity index (χ1) is 7.72. The minimum Gasteiger partial charge on any atom is -0.386 e. The van der Waals surface area contributed by atoms with Crippen LogP contribution in [-0.4, -0.2) is 30.5 Å². The summed E-state index contributed by atoms with van der Waals surface area (Å²) in [6.45, 7) is 1.47. The molecule has 1 aromatic rings. The molecule has 16 heavy (non-hydrogen) atoms. The molecule has 1 aliphatic heterocycles. The lowest BCUT2D eigenvalue weighted by Gasteiger charge is -2.21. The predicted octanol–water partition coefficient (Wildman–Crippen LogP) is 1.12. The first-order valence-corrected chi connectivity index (χ1v) is 5.26. The van der Waals surface area contributed by atoms with E-state index in [1.54, 1.807) is 12.1 Å². The van der Waals surface area contributed by atoms with Crippen molar-refractivity contribution in [2.75, 3.05) is 25.1 Å². The summed E-state index contributed by atoms with van der Waals surface area (Å²) in [6.07, 6.45) is 0.663. The van der Waals surface area contributed by atoms with Crippen molar-refractivity contribution in [1.82, 2.24) is 0 Å². The predicted molar refractivity (Wildman–Crippen MR) is 60.0 cm³/mol. The molecule has 0 amide bonds. The summed E-state index contributed by atoms with van der Waals surface area (Å²) in [5.41, 5.74) is 0.779. The fourth-order valence-electron chi connectivity index (χ4n) is 1.67. The molecule has 0 aliphatic carbocycles. The first kappa shape index (κ1) is 10.9. The molecule has 2 rings (SSSR count). The van der Waals surface area contributed by atoms with Crippen LogP contribution in [0.15, 0.2) is 24.3 Å². The molecule has 0 bridgehead atoms. The number of nitrogens with zero attached hydrogens (tertiary/aromatic N) is 1. The average Bonchev–Trinajstić information content (AvgIpc) is 2.75. The number of benzene rings is 1. The largest absolute Gasteiger partial charge is 0.386 e. The minimum atomic E-state index is -0.756. The van der Waals surface area contributed by atoms with Gasteiger partial charge in [0.2, 0.25) is 0 Å². The van der Waals surface area contributed by atoms with Gasteiger partial charge in [-0.15, -0.1) is 0 Å². The zero-order valence-corrected chi connectivity index (χ0v) is 8.94. The van der Waals surface area contributed by atoms with E-state index >= 15 is 0 Å². The van der Waals surface area contributed by atoms with Crippen molar-refractivity contribution in [1.29, 1.82) is 5.26 Å². The molecule has 4 nitrogen and oxygen atoms in total. The fraction of sp³-hybridized carbons (Fsp3) is 0.417. The van der Waals surface area contributed by atoms with Crippen molar-refractivity contribution in [2.24, 2.45) is 0 Å². The van der Waals surface area contributed by atoms with Gasteiger partial charge in [-0.3, -0.25) is 0 Å². The number of ether oxygens (including phenoxy) is 1. The Balaban J connectivity index is 1.92. The van der Waals surface area contributed by atoms with Crippen LogP contribution in [0, 0.1) is 11.3 Å². The van der Waals surface area contributed by atoms with Crippen LogP contribution in [0.1, 0.15) is 12.0 Å². The molecule has 1 unspecified atom stereocenters. The van der Waals surface area contributed by atoms with Crippen molar-refractivity contribution in [2.45, 2.75) is 12.0 Å². The van der Waals surface area contributed by atoms with Crippen molar-refractivity contribution >= 4 is 5.69 Å². The second kappa shape index (κ2) is 4.52. The standard InChI is InChI=1S/C12H14N2O2/c13-7-10-1-3-11(4-2-10)14-8-12(15)5-6-16-9-12/h1-4,14-15H,5-6,8-9H2. The highest BCUT2D eigenvalue weighted by molar-refractivity contribution is 5.47. The molecule has 0 aromatic heterocycles. The summed E-state index contributed by atoms with van der Waals surface area (Å²) >= 11 is 0. The molecular weight excluding hydrogens is 204 g/mol. The Kier molecular flexibility index (Phi) is 3.09. The Labute approximate surface area is 94.5 Å². The molecular formula is C12H14N2O2. The molecule has 1 saturated heterocycles. The lowest BCUT2D eigenvalue weighted by Crippen LogP contribution is -2.37. The third kappa shape index (κ3) is 2.51. The molecule has 84 valence electrons. The number of hydrogen-bond acceptors (Lipinski definition) is 4. The van der Waals surface area contributed by atoms with Crippen molar-refractivity contribution in [3.63, 3.8) is 0 Å². The number of nitrogens with one attached hydrogen (secondary N) is 1. The summed E-state index contributed by atoms with van der Waals surface area (Å²) in [6, 6.07) is 9.22. The van der Waals surface area contributed by atoms with E-state index in [0.717, 1.165) is 5.69 Å². The van der Waals surface area contributed by atoms with Gasteiger partial charge in [-0.1, -0.05) is 0 Å². The number of rotatable bonds is 3. The number of hydrogen-bond donors (Lipinski definition) is 2. The maximum Gasteiger partial charge on any atom is 0.107 e. The van der Waals surface area contributed by atoms with E-state index in [9.17, 15) is 5.11 Å². The summed E-state index contributed by atoms with van der Waals surface area (Å²) in [4.78, 5) is 0. The molecule has 1 atom stereocenters. The van der Waals surface area contributed by atoms with Gasteiger partial charge in [0.1, 0.15) is 5.60 Å². The highest BCUT2D eigenvalue weighted by Crippen LogP contribution is 2.19. The van der Waals surface area contributed by atoms with Gasteiger partial charge in [0.15, 0.2) is 0 Å². The SMILES string of the molecule is N#Cc1ccc(NCC2(O)CCOC2)cc1. The van der Waals surface area contributed by atoms with Gasteiger partial charge < -0.3 is 15.2 Å². The van der Waals surface area contributed by atoms with E-state index in [4.69, 9.17) is 10.00 Å². The summed E-state index contributed by atoms with van der Waals surface area (Å²) in [5, 5.41) is 21.8. The highest BCUT2D eigenvalue weighted by atomic mass is 16.5. The Morgan fingerprint density at radius 1 is 1.44 bits per heavy atom. The Morgan fingerprint density at radius 2 is 2.19 bits per heavy atom. The smallest absolute Gasteiger partial charge is 0.107 e. The van der Waals surface area contributed by atoms with Crippen LogP contribution in [-0.2, 0) is 4.74 Å². The maximum absolute atomic E-state index is 10.0. The molecule has 2 N–H and O–H groups in total. The van der Waals surface area contributed by atoms with E-state index in [-0.39, 0.29) is 0 Å². The second-order valence-corrected chi connectivity index (χ2v) is 4.07. The van der Waals surface area contributed by atoms with Gasteiger partial charge >= 0.3 is 0 Å². The van der Waals surface area contributed by atoms with Crippen LogP contribution in [0.5, 0.6) is 0 Å². The highest BCUT2D eigenvalue weighted by Gasteiger charge is 2.31. The van der Waals surface area contributed by atoms with Crippen molar-refractivity contribution in [3.05, 3.63) is 29.8 Å². The molecule has 1 fully saturated rings. The van der Waals surface area contributed by atoms with Crippen LogP contribution in [0.4, 0.5) is 5.69 Å². The van der Waals surface area contributed by atoms with E-state index < -0.39 is 5.60 Å². The van der Waals surface area contributed by atoms with Crippen LogP contribution in [0.3, 0.4) is 0 Å². The molecule has 0 spiro atoms. The van der Waals surface area contributed by atoms with Crippen LogP contribution >= 0.6 is 0 Å². The van der Waals surface area contributed by atoms with Crippen molar-refractivity contribution < 1.29 is 9.84 Å². The van der Waals surface area contributed by atoms with Crippen LogP contribution < -0.4 is 5.32 Å².